The van der Waals surface area contributed by atoms with Gasteiger partial charge in [0.25, 0.3) is 0 Å². The third-order valence-corrected chi connectivity index (χ3v) is 6.01. The molecule has 2 N–H and O–H groups in total. The molecule has 1 aliphatic carbocycles. The van der Waals surface area contributed by atoms with Crippen LogP contribution in [0.25, 0.3) is 0 Å². The minimum Gasteiger partial charge on any atom is -0.508 e. The first-order chi connectivity index (χ1) is 12.8. The second-order valence-electron chi connectivity index (χ2n) is 8.22. The molecule has 2 aromatic carbocycles. The van der Waals surface area contributed by atoms with Gasteiger partial charge in [-0.25, -0.2) is 0 Å². The number of hydrogen-bond donors (Lipinski definition) is 2. The van der Waals surface area contributed by atoms with Crippen molar-refractivity contribution in [3.63, 3.8) is 0 Å². The number of nitrogens with zero attached hydrogens (tertiary/aromatic N) is 1. The smallest absolute Gasteiger partial charge is 0.224 e. The summed E-state index contributed by atoms with van der Waals surface area (Å²) in [5.74, 6) is 0.494. The van der Waals surface area contributed by atoms with Gasteiger partial charge in [0.15, 0.2) is 0 Å². The highest BCUT2D eigenvalue weighted by Gasteiger charge is 2.55. The van der Waals surface area contributed by atoms with Crippen LogP contribution in [-0.4, -0.2) is 42.6 Å². The predicted molar refractivity (Wildman–Crippen MR) is 109 cm³/mol. The number of carbonyl (C=O) groups is 1. The van der Waals surface area contributed by atoms with Crippen LogP contribution >= 0.6 is 0 Å². The third kappa shape index (κ3) is 4.33. The van der Waals surface area contributed by atoms with Gasteiger partial charge in [-0.15, -0.1) is 0 Å². The van der Waals surface area contributed by atoms with Crippen LogP contribution in [0.5, 0.6) is 5.75 Å². The average Bonchev–Trinajstić information content (AvgIpc) is 3.34. The number of aryl methyl sites for hydroxylation is 1. The van der Waals surface area contributed by atoms with Gasteiger partial charge in [-0.3, -0.25) is 4.79 Å². The number of rotatable bonds is 7. The van der Waals surface area contributed by atoms with Gasteiger partial charge in [0.05, 0.1) is 0 Å². The predicted octanol–water partition coefficient (Wildman–Crippen LogP) is 3.27. The highest BCUT2D eigenvalue weighted by atomic mass is 16.3. The molecule has 0 radical (unpaired) electrons. The summed E-state index contributed by atoms with van der Waals surface area (Å²) in [7, 11) is 4.08. The maximum Gasteiger partial charge on any atom is 0.224 e. The number of phenols is 1. The first kappa shape index (κ1) is 19.4. The van der Waals surface area contributed by atoms with Gasteiger partial charge in [0.2, 0.25) is 5.91 Å². The van der Waals surface area contributed by atoms with Crippen LogP contribution in [0.15, 0.2) is 48.5 Å². The Labute approximate surface area is 162 Å². The number of carbonyl (C=O) groups excluding carboxylic acids is 1. The highest BCUT2D eigenvalue weighted by Crippen LogP contribution is 2.53. The molecule has 0 aliphatic heterocycles. The Morgan fingerprint density at radius 1 is 1.26 bits per heavy atom. The molecule has 1 fully saturated rings. The van der Waals surface area contributed by atoms with E-state index in [9.17, 15) is 9.90 Å². The molecule has 144 valence electrons. The third-order valence-electron chi connectivity index (χ3n) is 6.01. The van der Waals surface area contributed by atoms with Crippen molar-refractivity contribution in [3.05, 3.63) is 65.2 Å². The fourth-order valence-corrected chi connectivity index (χ4v) is 3.83. The molecule has 1 amide bonds. The molecule has 4 heteroatoms. The number of aromatic hydroxyl groups is 1. The summed E-state index contributed by atoms with van der Waals surface area (Å²) in [5.41, 5.74) is 3.48. The molecule has 1 saturated carbocycles. The van der Waals surface area contributed by atoms with Gasteiger partial charge in [0, 0.05) is 23.9 Å². The quantitative estimate of drug-likeness (QED) is 0.791. The van der Waals surface area contributed by atoms with E-state index in [-0.39, 0.29) is 23.3 Å². The number of phenolic OH excluding ortho intramolecular Hbond substituents is 1. The van der Waals surface area contributed by atoms with Crippen molar-refractivity contribution in [1.82, 2.24) is 10.2 Å². The van der Waals surface area contributed by atoms with Gasteiger partial charge in [-0.05, 0) is 62.7 Å². The summed E-state index contributed by atoms with van der Waals surface area (Å²) in [4.78, 5) is 14.9. The molecule has 27 heavy (non-hydrogen) atoms. The SMILES string of the molecule is Cc1cc(O)ccc1CC(CNC(=O)[C@@H]1C[C@]1(C)c1ccccc1)N(C)C. The van der Waals surface area contributed by atoms with Crippen molar-refractivity contribution in [1.29, 1.82) is 0 Å². The summed E-state index contributed by atoms with van der Waals surface area (Å²) < 4.78 is 0. The maximum atomic E-state index is 12.7. The lowest BCUT2D eigenvalue weighted by Gasteiger charge is -2.25. The second kappa shape index (κ2) is 7.73. The van der Waals surface area contributed by atoms with E-state index in [1.165, 1.54) is 11.1 Å². The van der Waals surface area contributed by atoms with Crippen molar-refractivity contribution < 1.29 is 9.90 Å². The molecule has 1 aliphatic rings. The van der Waals surface area contributed by atoms with Crippen molar-refractivity contribution in [2.75, 3.05) is 20.6 Å². The maximum absolute atomic E-state index is 12.7. The van der Waals surface area contributed by atoms with Crippen LogP contribution in [0.1, 0.15) is 30.0 Å². The Hall–Kier alpha value is -2.33. The number of hydrogen-bond acceptors (Lipinski definition) is 3. The summed E-state index contributed by atoms with van der Waals surface area (Å²) in [6.07, 6.45) is 1.74. The molecule has 1 unspecified atom stereocenters. The van der Waals surface area contributed by atoms with Crippen LogP contribution in [-0.2, 0) is 16.6 Å². The molecule has 0 bridgehead atoms. The number of nitrogens with one attached hydrogen (secondary N) is 1. The van der Waals surface area contributed by atoms with E-state index in [1.54, 1.807) is 12.1 Å². The molecule has 4 nitrogen and oxygen atoms in total. The lowest BCUT2D eigenvalue weighted by molar-refractivity contribution is -0.122. The molecule has 0 saturated heterocycles. The topological polar surface area (TPSA) is 52.6 Å². The van der Waals surface area contributed by atoms with Crippen molar-refractivity contribution in [2.24, 2.45) is 5.92 Å². The first-order valence-corrected chi connectivity index (χ1v) is 9.59. The zero-order valence-electron chi connectivity index (χ0n) is 16.7. The fourth-order valence-electron chi connectivity index (χ4n) is 3.83. The standard InChI is InChI=1S/C23H30N2O2/c1-16-12-20(26)11-10-17(16)13-19(25(3)4)15-24-22(27)21-14-23(21,2)18-8-6-5-7-9-18/h5-12,19,21,26H,13-15H2,1-4H3,(H,24,27)/t19?,21-,23+/m0/s1. The molecule has 0 spiro atoms. The zero-order chi connectivity index (χ0) is 19.6. The Balaban J connectivity index is 1.59. The summed E-state index contributed by atoms with van der Waals surface area (Å²) in [6.45, 7) is 4.80. The number of benzene rings is 2. The Morgan fingerprint density at radius 2 is 1.96 bits per heavy atom. The Kier molecular flexibility index (Phi) is 5.56. The van der Waals surface area contributed by atoms with E-state index in [0.717, 1.165) is 18.4 Å². The molecule has 3 rings (SSSR count). The van der Waals surface area contributed by atoms with Crippen molar-refractivity contribution in [2.45, 2.75) is 38.1 Å². The summed E-state index contributed by atoms with van der Waals surface area (Å²) in [5, 5.41) is 12.8. The number of amides is 1. The zero-order valence-corrected chi connectivity index (χ0v) is 16.7. The lowest BCUT2D eigenvalue weighted by Crippen LogP contribution is -2.42. The monoisotopic (exact) mass is 366 g/mol. The van der Waals surface area contributed by atoms with E-state index in [4.69, 9.17) is 0 Å². The van der Waals surface area contributed by atoms with E-state index in [2.05, 4.69) is 29.3 Å². The van der Waals surface area contributed by atoms with E-state index < -0.39 is 0 Å². The minimum atomic E-state index is -0.0352. The second-order valence-corrected chi connectivity index (χ2v) is 8.22. The first-order valence-electron chi connectivity index (χ1n) is 9.59. The fraction of sp³-hybridized carbons (Fsp3) is 0.435. The van der Waals surface area contributed by atoms with Gasteiger partial charge in [-0.2, -0.15) is 0 Å². The molecule has 0 aromatic heterocycles. The molecule has 3 atom stereocenters. The van der Waals surface area contributed by atoms with Gasteiger partial charge >= 0.3 is 0 Å². The Morgan fingerprint density at radius 3 is 2.59 bits per heavy atom. The van der Waals surface area contributed by atoms with Crippen LogP contribution in [0.2, 0.25) is 0 Å². The average molecular weight is 367 g/mol. The molecule has 2 aromatic rings. The Bertz CT molecular complexity index is 803. The van der Waals surface area contributed by atoms with E-state index in [0.29, 0.717) is 12.3 Å². The van der Waals surface area contributed by atoms with Crippen LogP contribution in [0, 0.1) is 12.8 Å². The highest BCUT2D eigenvalue weighted by molar-refractivity contribution is 5.84. The minimum absolute atomic E-state index is 0.0352. The molecular formula is C23H30N2O2. The van der Waals surface area contributed by atoms with Gasteiger partial charge < -0.3 is 15.3 Å². The lowest BCUT2D eigenvalue weighted by atomic mass is 9.95. The normalized spacial score (nSPS) is 22.5. The van der Waals surface area contributed by atoms with Crippen LogP contribution in [0.4, 0.5) is 0 Å². The molecular weight excluding hydrogens is 336 g/mol. The van der Waals surface area contributed by atoms with Crippen LogP contribution < -0.4 is 5.32 Å². The van der Waals surface area contributed by atoms with Crippen molar-refractivity contribution >= 4 is 5.91 Å². The largest absolute Gasteiger partial charge is 0.508 e. The van der Waals surface area contributed by atoms with Crippen LogP contribution in [0.3, 0.4) is 0 Å². The van der Waals surface area contributed by atoms with Gasteiger partial charge in [0.1, 0.15) is 5.75 Å². The number of likely N-dealkylation sites (N-methyl/N-ethyl adjacent to an activating group) is 1. The van der Waals surface area contributed by atoms with E-state index in [1.807, 2.05) is 45.3 Å². The summed E-state index contributed by atoms with van der Waals surface area (Å²) >= 11 is 0. The molecule has 0 heterocycles. The summed E-state index contributed by atoms with van der Waals surface area (Å²) in [6, 6.07) is 16.0. The van der Waals surface area contributed by atoms with E-state index >= 15 is 0 Å². The van der Waals surface area contributed by atoms with Gasteiger partial charge in [-0.1, -0.05) is 43.3 Å². The van der Waals surface area contributed by atoms with Crippen molar-refractivity contribution in [3.8, 4) is 5.75 Å².